The summed E-state index contributed by atoms with van der Waals surface area (Å²) in [6.45, 7) is 5.02. The molecule has 0 aliphatic carbocycles. The summed E-state index contributed by atoms with van der Waals surface area (Å²) in [5, 5.41) is 4.96. The van der Waals surface area contributed by atoms with Crippen LogP contribution >= 0.6 is 11.6 Å². The minimum absolute atomic E-state index is 0.0402. The monoisotopic (exact) mass is 388 g/mol. The zero-order chi connectivity index (χ0) is 18.8. The Morgan fingerprint density at radius 1 is 1.28 bits per heavy atom. The molecule has 0 saturated carbocycles. The van der Waals surface area contributed by atoms with Gasteiger partial charge in [0.15, 0.2) is 6.61 Å². The molecule has 1 aromatic carbocycles. The number of ether oxygens (including phenoxy) is 1. The van der Waals surface area contributed by atoms with Gasteiger partial charge in [0, 0.05) is 13.1 Å². The lowest BCUT2D eigenvalue weighted by Gasteiger charge is -2.34. The molecule has 1 fully saturated rings. The Hall–Kier alpha value is -1.64. The molecular formula is C16H21ClN2O5S. The summed E-state index contributed by atoms with van der Waals surface area (Å²) in [6, 6.07) is 3.60. The van der Waals surface area contributed by atoms with Gasteiger partial charge < -0.3 is 9.64 Å². The van der Waals surface area contributed by atoms with Crippen molar-refractivity contribution in [2.24, 2.45) is 17.0 Å². The number of amides is 1. The van der Waals surface area contributed by atoms with Crippen molar-refractivity contribution >= 4 is 33.5 Å². The van der Waals surface area contributed by atoms with E-state index in [0.29, 0.717) is 24.9 Å². The molecule has 0 aromatic heterocycles. The van der Waals surface area contributed by atoms with Gasteiger partial charge in [0.25, 0.3) is 5.91 Å². The molecule has 7 nitrogen and oxygen atoms in total. The highest BCUT2D eigenvalue weighted by molar-refractivity contribution is 7.89. The van der Waals surface area contributed by atoms with Crippen LogP contribution in [0.25, 0.3) is 0 Å². The second-order valence-corrected chi connectivity index (χ2v) is 8.45. The summed E-state index contributed by atoms with van der Waals surface area (Å²) < 4.78 is 27.9. The first kappa shape index (κ1) is 19.7. The van der Waals surface area contributed by atoms with Crippen LogP contribution in [0.4, 0.5) is 0 Å². The van der Waals surface area contributed by atoms with Crippen LogP contribution in [0.5, 0.6) is 0 Å². The molecular weight excluding hydrogens is 368 g/mol. The predicted molar refractivity (Wildman–Crippen MR) is 92.6 cm³/mol. The third-order valence-corrected chi connectivity index (χ3v) is 5.41. The first-order valence-corrected chi connectivity index (χ1v) is 9.77. The molecule has 1 amide bonds. The van der Waals surface area contributed by atoms with E-state index in [1.165, 1.54) is 12.1 Å². The number of halogens is 1. The number of sulfonamides is 1. The fourth-order valence-corrected chi connectivity index (χ4v) is 4.09. The number of nitrogens with zero attached hydrogens (tertiary/aromatic N) is 1. The van der Waals surface area contributed by atoms with Crippen molar-refractivity contribution in [1.29, 1.82) is 0 Å². The van der Waals surface area contributed by atoms with Crippen LogP contribution in [-0.2, 0) is 19.6 Å². The van der Waals surface area contributed by atoms with E-state index in [1.54, 1.807) is 4.90 Å². The van der Waals surface area contributed by atoms with E-state index in [1.807, 2.05) is 0 Å². The smallest absolute Gasteiger partial charge is 0.338 e. The van der Waals surface area contributed by atoms with E-state index in [9.17, 15) is 18.0 Å². The van der Waals surface area contributed by atoms with Crippen LogP contribution in [0, 0.1) is 11.8 Å². The van der Waals surface area contributed by atoms with Gasteiger partial charge in [0.2, 0.25) is 10.0 Å². The van der Waals surface area contributed by atoms with Crippen molar-refractivity contribution in [3.63, 3.8) is 0 Å². The summed E-state index contributed by atoms with van der Waals surface area (Å²) in [7, 11) is -4.07. The van der Waals surface area contributed by atoms with E-state index in [-0.39, 0.29) is 21.4 Å². The number of hydrogen-bond acceptors (Lipinski definition) is 5. The highest BCUT2D eigenvalue weighted by atomic mass is 35.5. The van der Waals surface area contributed by atoms with E-state index in [2.05, 4.69) is 13.8 Å². The van der Waals surface area contributed by atoms with Gasteiger partial charge in [-0.3, -0.25) is 4.79 Å². The quantitative estimate of drug-likeness (QED) is 0.789. The van der Waals surface area contributed by atoms with Crippen LogP contribution in [0.3, 0.4) is 0 Å². The van der Waals surface area contributed by atoms with Crippen LogP contribution in [0.15, 0.2) is 23.1 Å². The molecule has 1 aromatic rings. The highest BCUT2D eigenvalue weighted by Gasteiger charge is 2.26. The Kier molecular flexibility index (Phi) is 6.08. The van der Waals surface area contributed by atoms with Crippen molar-refractivity contribution in [2.45, 2.75) is 25.2 Å². The molecule has 1 heterocycles. The second-order valence-electron chi connectivity index (χ2n) is 6.51. The number of rotatable bonds is 4. The fourth-order valence-electron chi connectivity index (χ4n) is 3.02. The third kappa shape index (κ3) is 5.17. The Bertz CT molecular complexity index is 771. The Morgan fingerprint density at radius 2 is 1.88 bits per heavy atom. The molecule has 1 saturated heterocycles. The molecule has 9 heteroatoms. The first-order valence-electron chi connectivity index (χ1n) is 7.85. The Balaban J connectivity index is 2.02. The predicted octanol–water partition coefficient (Wildman–Crippen LogP) is 1.65. The number of carbonyl (C=O) groups is 2. The average Bonchev–Trinajstić information content (AvgIpc) is 2.50. The fraction of sp³-hybridized carbons (Fsp3) is 0.500. The van der Waals surface area contributed by atoms with Crippen molar-refractivity contribution in [3.05, 3.63) is 28.8 Å². The molecule has 2 unspecified atom stereocenters. The molecule has 2 atom stereocenters. The standard InChI is InChI=1S/C16H21ClN2O5S/c1-10-5-11(2)8-19(7-10)15(20)9-24-16(21)12-3-4-13(17)14(6-12)25(18,22)23/h3-4,6,10-11H,5,7-9H2,1-2H3,(H2,18,22,23). The minimum atomic E-state index is -4.07. The van der Waals surface area contributed by atoms with Gasteiger partial charge >= 0.3 is 5.97 Å². The Labute approximate surface area is 152 Å². The van der Waals surface area contributed by atoms with E-state index in [0.717, 1.165) is 12.5 Å². The van der Waals surface area contributed by atoms with E-state index in [4.69, 9.17) is 21.5 Å². The van der Waals surface area contributed by atoms with Crippen LogP contribution in [0.2, 0.25) is 5.02 Å². The van der Waals surface area contributed by atoms with Gasteiger partial charge in [-0.1, -0.05) is 25.4 Å². The number of piperidine rings is 1. The van der Waals surface area contributed by atoms with Gasteiger partial charge in [-0.05, 0) is 36.5 Å². The van der Waals surface area contributed by atoms with Crippen LogP contribution < -0.4 is 5.14 Å². The molecule has 1 aliphatic rings. The number of benzene rings is 1. The van der Waals surface area contributed by atoms with Gasteiger partial charge in [-0.15, -0.1) is 0 Å². The second kappa shape index (κ2) is 7.72. The summed E-state index contributed by atoms with van der Waals surface area (Å²) >= 11 is 5.77. The van der Waals surface area contributed by atoms with Crippen molar-refractivity contribution in [1.82, 2.24) is 4.90 Å². The van der Waals surface area contributed by atoms with Gasteiger partial charge in [0.1, 0.15) is 4.90 Å². The number of nitrogens with two attached hydrogens (primary N) is 1. The summed E-state index contributed by atoms with van der Waals surface area (Å²) in [6.07, 6.45) is 1.06. The zero-order valence-electron chi connectivity index (χ0n) is 14.1. The van der Waals surface area contributed by atoms with Crippen molar-refractivity contribution in [2.75, 3.05) is 19.7 Å². The average molecular weight is 389 g/mol. The SMILES string of the molecule is CC1CC(C)CN(C(=O)COC(=O)c2ccc(Cl)c(S(N)(=O)=O)c2)C1. The normalized spacial score (nSPS) is 21.0. The summed E-state index contributed by atoms with van der Waals surface area (Å²) in [4.78, 5) is 25.6. The van der Waals surface area contributed by atoms with Crippen molar-refractivity contribution in [3.8, 4) is 0 Å². The van der Waals surface area contributed by atoms with Crippen molar-refractivity contribution < 1.29 is 22.7 Å². The molecule has 0 spiro atoms. The number of carbonyl (C=O) groups excluding carboxylic acids is 2. The largest absolute Gasteiger partial charge is 0.452 e. The molecule has 0 radical (unpaired) electrons. The Morgan fingerprint density at radius 3 is 2.44 bits per heavy atom. The molecule has 25 heavy (non-hydrogen) atoms. The lowest BCUT2D eigenvalue weighted by Crippen LogP contribution is -2.44. The number of likely N-dealkylation sites (tertiary alicyclic amines) is 1. The summed E-state index contributed by atoms with van der Waals surface area (Å²) in [5.41, 5.74) is -0.0402. The maximum Gasteiger partial charge on any atom is 0.338 e. The maximum atomic E-state index is 12.2. The molecule has 2 N–H and O–H groups in total. The number of esters is 1. The van der Waals surface area contributed by atoms with Gasteiger partial charge in [0.05, 0.1) is 10.6 Å². The topological polar surface area (TPSA) is 107 Å². The van der Waals surface area contributed by atoms with E-state index >= 15 is 0 Å². The van der Waals surface area contributed by atoms with Crippen LogP contribution in [-0.4, -0.2) is 44.9 Å². The summed E-state index contributed by atoms with van der Waals surface area (Å²) in [5.74, 6) is -0.283. The number of primary sulfonamides is 1. The maximum absolute atomic E-state index is 12.2. The zero-order valence-corrected chi connectivity index (χ0v) is 15.6. The highest BCUT2D eigenvalue weighted by Crippen LogP contribution is 2.23. The molecule has 138 valence electrons. The number of hydrogen-bond donors (Lipinski definition) is 1. The van der Waals surface area contributed by atoms with E-state index < -0.39 is 22.6 Å². The molecule has 2 rings (SSSR count). The van der Waals surface area contributed by atoms with Crippen LogP contribution in [0.1, 0.15) is 30.6 Å². The first-order chi connectivity index (χ1) is 11.6. The minimum Gasteiger partial charge on any atom is -0.452 e. The molecule has 0 bridgehead atoms. The third-order valence-electron chi connectivity index (χ3n) is 4.02. The van der Waals surface area contributed by atoms with Gasteiger partial charge in [-0.2, -0.15) is 0 Å². The lowest BCUT2D eigenvalue weighted by molar-refractivity contribution is -0.137. The van der Waals surface area contributed by atoms with Gasteiger partial charge in [-0.25, -0.2) is 18.4 Å². The lowest BCUT2D eigenvalue weighted by atomic mass is 9.92. The molecule has 1 aliphatic heterocycles.